The van der Waals surface area contributed by atoms with Crippen molar-refractivity contribution in [1.29, 1.82) is 0 Å². The minimum atomic E-state index is -0.406. The van der Waals surface area contributed by atoms with E-state index in [1.54, 1.807) is 0 Å². The summed E-state index contributed by atoms with van der Waals surface area (Å²) in [5, 5.41) is 0. The van der Waals surface area contributed by atoms with Crippen LogP contribution in [0.15, 0.2) is 279 Å². The molecule has 10 aromatic rings. The van der Waals surface area contributed by atoms with Crippen LogP contribution in [0.2, 0.25) is 0 Å². The van der Waals surface area contributed by atoms with Gasteiger partial charge in [-0.25, -0.2) is 0 Å². The summed E-state index contributed by atoms with van der Waals surface area (Å²) in [6.07, 6.45) is 0. The van der Waals surface area contributed by atoms with Crippen molar-refractivity contribution in [1.82, 2.24) is 0 Å². The molecule has 2 heteroatoms. The molecule has 0 heterocycles. The lowest BCUT2D eigenvalue weighted by Gasteiger charge is -2.37. The van der Waals surface area contributed by atoms with Gasteiger partial charge in [0.25, 0.3) is 0 Å². The molecule has 0 radical (unpaired) electrons. The van der Waals surface area contributed by atoms with Crippen molar-refractivity contribution in [3.8, 4) is 0 Å². The molecular weight excluding hydrogens is 845 g/mol. The van der Waals surface area contributed by atoms with E-state index in [0.29, 0.717) is 0 Å². The number of hydrogen-bond donors (Lipinski definition) is 2. The summed E-state index contributed by atoms with van der Waals surface area (Å²) in [5.74, 6) is 0. The van der Waals surface area contributed by atoms with Gasteiger partial charge in [0.15, 0.2) is 0 Å². The highest BCUT2D eigenvalue weighted by Crippen LogP contribution is 2.49. The minimum Gasteiger partial charge on any atom is -0.398 e. The monoisotopic (exact) mass is 906 g/mol. The molecule has 10 rings (SSSR count). The predicted molar refractivity (Wildman–Crippen MR) is 295 cm³/mol. The molecule has 0 unspecified atom stereocenters. The van der Waals surface area contributed by atoms with Gasteiger partial charge in [-0.1, -0.05) is 279 Å². The molecule has 0 bridgehead atoms. The summed E-state index contributed by atoms with van der Waals surface area (Å²) >= 11 is 0. The molecule has 10 aromatic carbocycles. The lowest BCUT2D eigenvalue weighted by atomic mass is 9.66. The summed E-state index contributed by atoms with van der Waals surface area (Å²) in [4.78, 5) is 0. The van der Waals surface area contributed by atoms with Crippen LogP contribution in [0.5, 0.6) is 0 Å². The number of para-hydroxylation sites is 2. The van der Waals surface area contributed by atoms with E-state index < -0.39 is 21.7 Å². The van der Waals surface area contributed by atoms with Crippen LogP contribution in [0.3, 0.4) is 0 Å². The van der Waals surface area contributed by atoms with E-state index in [1.165, 1.54) is 44.5 Å². The van der Waals surface area contributed by atoms with Crippen LogP contribution in [0.25, 0.3) is 0 Å². The van der Waals surface area contributed by atoms with Crippen molar-refractivity contribution in [3.05, 3.63) is 346 Å². The maximum Gasteiger partial charge on any atom is 0.0443 e. The Labute approximate surface area is 416 Å². The highest BCUT2D eigenvalue weighted by molar-refractivity contribution is 5.70. The first-order valence-electron chi connectivity index (χ1n) is 24.4. The van der Waals surface area contributed by atoms with Crippen LogP contribution in [0.1, 0.15) is 94.5 Å². The molecular formula is C68H62N2. The van der Waals surface area contributed by atoms with Crippen molar-refractivity contribution >= 4 is 11.4 Å². The molecule has 4 N–H and O–H groups in total. The molecule has 0 saturated heterocycles. The van der Waals surface area contributed by atoms with E-state index >= 15 is 0 Å². The smallest absolute Gasteiger partial charge is 0.0443 e. The number of hydrogen-bond acceptors (Lipinski definition) is 2. The van der Waals surface area contributed by atoms with E-state index in [4.69, 9.17) is 11.5 Å². The second kappa shape index (κ2) is 20.2. The van der Waals surface area contributed by atoms with Gasteiger partial charge in [0.05, 0.1) is 0 Å². The van der Waals surface area contributed by atoms with Gasteiger partial charge in [0.2, 0.25) is 0 Å². The zero-order valence-electron chi connectivity index (χ0n) is 40.7. The average molecular weight is 907 g/mol. The quantitative estimate of drug-likeness (QED) is 0.0948. The molecule has 0 amide bonds. The topological polar surface area (TPSA) is 52.0 Å². The third-order valence-corrected chi connectivity index (χ3v) is 15.2. The number of nitrogen functional groups attached to an aromatic ring is 2. The van der Waals surface area contributed by atoms with Gasteiger partial charge < -0.3 is 11.5 Å². The first-order valence-corrected chi connectivity index (χ1v) is 24.4. The Morgan fingerprint density at radius 3 is 0.443 bits per heavy atom. The Morgan fingerprint density at radius 2 is 0.314 bits per heavy atom. The van der Waals surface area contributed by atoms with Crippen molar-refractivity contribution in [2.24, 2.45) is 0 Å². The first kappa shape index (κ1) is 46.9. The zero-order chi connectivity index (χ0) is 48.6. The number of rotatable bonds is 12. The molecule has 70 heavy (non-hydrogen) atoms. The van der Waals surface area contributed by atoms with Gasteiger partial charge in [-0.2, -0.15) is 0 Å². The van der Waals surface area contributed by atoms with Crippen LogP contribution >= 0.6 is 0 Å². The SMILES string of the molecule is CC(c1ccccc1)(c1ccccc1)c1cccc(C(C)(c2ccccc2)c2ccccc2)c1N.CC(c1ccccc1)(c1ccccc1)c1cccc(C(C)(c2ccccc2)c2ccccc2)c1N. The van der Waals surface area contributed by atoms with Gasteiger partial charge in [-0.3, -0.25) is 0 Å². The van der Waals surface area contributed by atoms with Crippen LogP contribution < -0.4 is 11.5 Å². The van der Waals surface area contributed by atoms with E-state index in [0.717, 1.165) is 33.6 Å². The van der Waals surface area contributed by atoms with Crippen LogP contribution in [-0.4, -0.2) is 0 Å². The van der Waals surface area contributed by atoms with Gasteiger partial charge in [0.1, 0.15) is 0 Å². The number of anilines is 2. The van der Waals surface area contributed by atoms with Gasteiger partial charge in [-0.15, -0.1) is 0 Å². The molecule has 0 saturated carbocycles. The standard InChI is InChI=1S/2C34H31N/c2*1-33(26-16-7-3-8-17-26,27-18-9-4-10-19-27)30-24-15-25-31(32(30)35)34(2,28-20-11-5-12-21-28)29-22-13-6-14-23-29/h2*3-25H,35H2,1-2H3. The molecule has 0 aliphatic carbocycles. The molecule has 0 atom stereocenters. The summed E-state index contributed by atoms with van der Waals surface area (Å²) in [7, 11) is 0. The lowest BCUT2D eigenvalue weighted by Crippen LogP contribution is -2.31. The molecule has 0 aliphatic heterocycles. The highest BCUT2D eigenvalue weighted by atomic mass is 14.6. The zero-order valence-corrected chi connectivity index (χ0v) is 40.7. The van der Waals surface area contributed by atoms with E-state index in [-0.39, 0.29) is 0 Å². The Kier molecular flexibility index (Phi) is 13.5. The largest absolute Gasteiger partial charge is 0.398 e. The first-order chi connectivity index (χ1) is 34.1. The van der Waals surface area contributed by atoms with Crippen molar-refractivity contribution in [2.75, 3.05) is 11.5 Å². The van der Waals surface area contributed by atoms with E-state index in [1.807, 2.05) is 0 Å². The molecule has 0 aromatic heterocycles. The van der Waals surface area contributed by atoms with E-state index in [2.05, 4.69) is 307 Å². The second-order valence-corrected chi connectivity index (χ2v) is 19.0. The molecule has 0 spiro atoms. The van der Waals surface area contributed by atoms with Crippen molar-refractivity contribution < 1.29 is 0 Å². The molecule has 344 valence electrons. The molecule has 0 aliphatic rings. The average Bonchev–Trinajstić information content (AvgIpc) is 3.44. The second-order valence-electron chi connectivity index (χ2n) is 19.0. The van der Waals surface area contributed by atoms with Gasteiger partial charge >= 0.3 is 0 Å². The number of benzene rings is 10. The summed E-state index contributed by atoms with van der Waals surface area (Å²) < 4.78 is 0. The Morgan fingerprint density at radius 1 is 0.186 bits per heavy atom. The maximum atomic E-state index is 7.20. The summed E-state index contributed by atoms with van der Waals surface area (Å²) in [6.45, 7) is 9.15. The fourth-order valence-electron chi connectivity index (χ4n) is 11.0. The minimum absolute atomic E-state index is 0.406. The molecule has 2 nitrogen and oxygen atoms in total. The van der Waals surface area contributed by atoms with E-state index in [9.17, 15) is 0 Å². The van der Waals surface area contributed by atoms with Crippen molar-refractivity contribution in [3.63, 3.8) is 0 Å². The van der Waals surface area contributed by atoms with Crippen LogP contribution in [-0.2, 0) is 21.7 Å². The van der Waals surface area contributed by atoms with Gasteiger partial charge in [0, 0.05) is 33.0 Å². The summed E-state index contributed by atoms with van der Waals surface area (Å²) in [6, 6.07) is 98.5. The highest BCUT2D eigenvalue weighted by Gasteiger charge is 2.40. The normalized spacial score (nSPS) is 11.8. The maximum absolute atomic E-state index is 7.20. The Hall–Kier alpha value is -8.20. The number of nitrogens with two attached hydrogens (primary N) is 2. The Bertz CT molecular complexity index is 2630. The van der Waals surface area contributed by atoms with Crippen LogP contribution in [0.4, 0.5) is 11.4 Å². The summed E-state index contributed by atoms with van der Waals surface area (Å²) in [5.41, 5.74) is 28.7. The fourth-order valence-corrected chi connectivity index (χ4v) is 11.0. The predicted octanol–water partition coefficient (Wildman–Crippen LogP) is 16.0. The third kappa shape index (κ3) is 8.52. The fraction of sp³-hybridized carbons (Fsp3) is 0.118. The van der Waals surface area contributed by atoms with Crippen molar-refractivity contribution in [2.45, 2.75) is 49.4 Å². The molecule has 0 fully saturated rings. The Balaban J connectivity index is 0.000000174. The van der Waals surface area contributed by atoms with Gasteiger partial charge in [-0.05, 0) is 94.5 Å². The lowest BCUT2D eigenvalue weighted by molar-refractivity contribution is 0.672. The third-order valence-electron chi connectivity index (χ3n) is 15.2. The van der Waals surface area contributed by atoms with Crippen LogP contribution in [0, 0.1) is 0 Å².